The number of aryl methyl sites for hydroxylation is 1. The maximum Gasteiger partial charge on any atom is 0.324 e. The van der Waals surface area contributed by atoms with Crippen molar-refractivity contribution in [3.63, 3.8) is 0 Å². The summed E-state index contributed by atoms with van der Waals surface area (Å²) < 4.78 is 0. The molecule has 9 heteroatoms. The monoisotopic (exact) mass is 512 g/mol. The fourth-order valence-electron chi connectivity index (χ4n) is 5.65. The van der Waals surface area contributed by atoms with E-state index in [4.69, 9.17) is 11.5 Å². The highest BCUT2D eigenvalue weighted by atomic mass is 32.1. The summed E-state index contributed by atoms with van der Waals surface area (Å²) in [7, 11) is 6.03. The molecule has 1 saturated heterocycles. The number of nitrogens with two attached hydrogens (primary N) is 2. The van der Waals surface area contributed by atoms with Gasteiger partial charge in [-0.3, -0.25) is 9.69 Å². The summed E-state index contributed by atoms with van der Waals surface area (Å²) in [5, 5.41) is 3.66. The highest BCUT2D eigenvalue weighted by molar-refractivity contribution is 7.16. The third kappa shape index (κ3) is 6.02. The average molecular weight is 513 g/mol. The average Bonchev–Trinajstić information content (AvgIpc) is 3.13. The number of nitrogens with zero attached hydrogens (tertiary/aromatic N) is 3. The molecule has 0 unspecified atom stereocenters. The molecule has 4 rings (SSSR count). The number of anilines is 2. The quantitative estimate of drug-likeness (QED) is 0.502. The highest BCUT2D eigenvalue weighted by Gasteiger charge is 2.42. The lowest BCUT2D eigenvalue weighted by Gasteiger charge is -2.45. The molecule has 0 radical (unpaired) electrons. The van der Waals surface area contributed by atoms with E-state index in [0.29, 0.717) is 42.3 Å². The van der Waals surface area contributed by atoms with Crippen LogP contribution in [0.1, 0.15) is 28.8 Å². The SMILES string of the molecule is CN(C)CCNC(=O)N(CCCc1ccccc1)C(=O)[C@@H]1C[C@@H]2Cc3c(sc(N)c3N)C[C@H]2N(C)C1. The number of amides is 3. The second-order valence-electron chi connectivity index (χ2n) is 10.5. The van der Waals surface area contributed by atoms with Crippen LogP contribution < -0.4 is 16.8 Å². The summed E-state index contributed by atoms with van der Waals surface area (Å²) in [6.45, 7) is 2.30. The van der Waals surface area contributed by atoms with Gasteiger partial charge in [-0.1, -0.05) is 30.3 Å². The van der Waals surface area contributed by atoms with Gasteiger partial charge in [0, 0.05) is 37.1 Å². The summed E-state index contributed by atoms with van der Waals surface area (Å²) in [6, 6.07) is 10.3. The standard InChI is InChI=1S/C27H40N6O2S/c1-31(2)13-11-30-27(35)33(12-7-10-18-8-5-4-6-9-18)26(34)20-14-19-15-21-23(36-25(29)24(21)28)16-22(19)32(3)17-20/h4-6,8-9,19-20,22H,7,10-17,28-29H2,1-3H3,(H,30,35)/t19-,20-,22-/m1/s1. The van der Waals surface area contributed by atoms with Gasteiger partial charge in [-0.2, -0.15) is 0 Å². The summed E-state index contributed by atoms with van der Waals surface area (Å²) in [5.74, 6) is 0.0371. The molecule has 1 fully saturated rings. The van der Waals surface area contributed by atoms with E-state index in [0.717, 1.165) is 38.6 Å². The predicted molar refractivity (Wildman–Crippen MR) is 147 cm³/mol. The van der Waals surface area contributed by atoms with Crippen LogP contribution in [0.4, 0.5) is 15.5 Å². The van der Waals surface area contributed by atoms with E-state index in [-0.39, 0.29) is 17.9 Å². The Labute approximate surface area is 218 Å². The predicted octanol–water partition coefficient (Wildman–Crippen LogP) is 2.68. The number of hydrogen-bond acceptors (Lipinski definition) is 7. The number of thiophene rings is 1. The van der Waals surface area contributed by atoms with Crippen LogP contribution in [0.5, 0.6) is 0 Å². The van der Waals surface area contributed by atoms with E-state index in [1.807, 2.05) is 37.2 Å². The Kier molecular flexibility index (Phi) is 8.54. The third-order valence-corrected chi connectivity index (χ3v) is 8.71. The van der Waals surface area contributed by atoms with Gasteiger partial charge in [-0.15, -0.1) is 11.3 Å². The van der Waals surface area contributed by atoms with Crippen molar-refractivity contribution in [3.05, 3.63) is 46.3 Å². The van der Waals surface area contributed by atoms with Gasteiger partial charge in [0.1, 0.15) is 5.00 Å². The molecule has 2 aliphatic rings. The first-order valence-electron chi connectivity index (χ1n) is 12.9. The van der Waals surface area contributed by atoms with E-state index in [1.165, 1.54) is 20.9 Å². The number of carbonyl (C=O) groups is 2. The van der Waals surface area contributed by atoms with Crippen LogP contribution in [0.15, 0.2) is 30.3 Å². The summed E-state index contributed by atoms with van der Waals surface area (Å²) in [4.78, 5) is 34.0. The molecule has 3 amide bonds. The maximum atomic E-state index is 13.8. The second-order valence-corrected chi connectivity index (χ2v) is 11.6. The molecule has 1 aliphatic carbocycles. The molecule has 196 valence electrons. The zero-order chi connectivity index (χ0) is 25.8. The van der Waals surface area contributed by atoms with Crippen LogP contribution >= 0.6 is 11.3 Å². The van der Waals surface area contributed by atoms with Crippen molar-refractivity contribution in [3.8, 4) is 0 Å². The number of likely N-dealkylation sites (tertiary alicyclic amines) is 1. The molecule has 1 aliphatic heterocycles. The van der Waals surface area contributed by atoms with Crippen molar-refractivity contribution in [1.82, 2.24) is 20.0 Å². The lowest BCUT2D eigenvalue weighted by molar-refractivity contribution is -0.136. The van der Waals surface area contributed by atoms with E-state index in [2.05, 4.69) is 29.4 Å². The van der Waals surface area contributed by atoms with Crippen molar-refractivity contribution >= 4 is 34.0 Å². The summed E-state index contributed by atoms with van der Waals surface area (Å²) in [5.41, 5.74) is 15.5. The third-order valence-electron chi connectivity index (χ3n) is 7.61. The number of nitrogens with one attached hydrogen (secondary N) is 1. The number of carbonyl (C=O) groups excluding carboxylic acids is 2. The van der Waals surface area contributed by atoms with Crippen molar-refractivity contribution in [1.29, 1.82) is 0 Å². The largest absolute Gasteiger partial charge is 0.396 e. The molecule has 5 N–H and O–H groups in total. The van der Waals surface area contributed by atoms with E-state index < -0.39 is 0 Å². The minimum Gasteiger partial charge on any atom is -0.396 e. The Morgan fingerprint density at radius 3 is 2.61 bits per heavy atom. The molecular formula is C27H40N6O2S. The Morgan fingerprint density at radius 1 is 1.14 bits per heavy atom. The van der Waals surface area contributed by atoms with Gasteiger partial charge < -0.3 is 26.6 Å². The van der Waals surface area contributed by atoms with Crippen LogP contribution in [0, 0.1) is 11.8 Å². The van der Waals surface area contributed by atoms with Crippen molar-refractivity contribution in [2.45, 2.75) is 38.1 Å². The Hall–Kier alpha value is -2.62. The minimum atomic E-state index is -0.291. The van der Waals surface area contributed by atoms with E-state index in [9.17, 15) is 9.59 Å². The molecule has 2 heterocycles. The lowest BCUT2D eigenvalue weighted by Crippen LogP contribution is -2.55. The van der Waals surface area contributed by atoms with Crippen LogP contribution in [-0.2, 0) is 24.1 Å². The van der Waals surface area contributed by atoms with Crippen molar-refractivity contribution in [2.24, 2.45) is 11.8 Å². The first-order valence-corrected chi connectivity index (χ1v) is 13.7. The zero-order valence-electron chi connectivity index (χ0n) is 21.7. The van der Waals surface area contributed by atoms with E-state index >= 15 is 0 Å². The van der Waals surface area contributed by atoms with E-state index in [1.54, 1.807) is 11.3 Å². The molecule has 3 atom stereocenters. The first-order chi connectivity index (χ1) is 17.2. The van der Waals surface area contributed by atoms with Crippen LogP contribution in [0.3, 0.4) is 0 Å². The number of likely N-dealkylation sites (N-methyl/N-ethyl adjacent to an activating group) is 2. The lowest BCUT2D eigenvalue weighted by atomic mass is 9.74. The molecule has 36 heavy (non-hydrogen) atoms. The summed E-state index contributed by atoms with van der Waals surface area (Å²) >= 11 is 1.60. The van der Waals surface area contributed by atoms with Crippen molar-refractivity contribution < 1.29 is 9.59 Å². The highest BCUT2D eigenvalue weighted by Crippen LogP contribution is 2.44. The number of piperidine rings is 1. The number of nitrogen functional groups attached to an aromatic ring is 2. The molecule has 0 saturated carbocycles. The van der Waals surface area contributed by atoms with Crippen LogP contribution in [-0.4, -0.2) is 80.0 Å². The van der Waals surface area contributed by atoms with Crippen LogP contribution in [0.25, 0.3) is 0 Å². The van der Waals surface area contributed by atoms with Gasteiger partial charge in [0.15, 0.2) is 0 Å². The van der Waals surface area contributed by atoms with Crippen LogP contribution in [0.2, 0.25) is 0 Å². The number of rotatable bonds is 8. The number of urea groups is 1. The van der Waals surface area contributed by atoms with Gasteiger partial charge in [-0.25, -0.2) is 4.79 Å². The number of fused-ring (bicyclic) bond motifs is 2. The Morgan fingerprint density at radius 2 is 1.89 bits per heavy atom. The molecular weight excluding hydrogens is 472 g/mol. The molecule has 1 aromatic heterocycles. The molecule has 1 aromatic carbocycles. The topological polar surface area (TPSA) is 108 Å². The van der Waals surface area contributed by atoms with Gasteiger partial charge in [-0.05, 0) is 70.3 Å². The fourth-order valence-corrected chi connectivity index (χ4v) is 6.72. The molecule has 0 bridgehead atoms. The summed E-state index contributed by atoms with van der Waals surface area (Å²) in [6.07, 6.45) is 4.10. The number of hydrogen-bond donors (Lipinski definition) is 3. The maximum absolute atomic E-state index is 13.8. The zero-order valence-corrected chi connectivity index (χ0v) is 22.5. The Bertz CT molecular complexity index is 1060. The fraction of sp³-hybridized carbons (Fsp3) is 0.556. The van der Waals surface area contributed by atoms with Gasteiger partial charge in [0.25, 0.3) is 0 Å². The minimum absolute atomic E-state index is 0.0701. The number of benzene rings is 1. The van der Waals surface area contributed by atoms with Gasteiger partial charge in [0.2, 0.25) is 5.91 Å². The molecule has 8 nitrogen and oxygen atoms in total. The number of imide groups is 1. The first kappa shape index (κ1) is 26.4. The smallest absolute Gasteiger partial charge is 0.324 e. The normalized spacial score (nSPS) is 21.6. The molecule has 2 aromatic rings. The van der Waals surface area contributed by atoms with Gasteiger partial charge >= 0.3 is 6.03 Å². The Balaban J connectivity index is 1.45. The molecule has 0 spiro atoms. The second kappa shape index (κ2) is 11.6. The van der Waals surface area contributed by atoms with Crippen molar-refractivity contribution in [2.75, 3.05) is 58.8 Å². The van der Waals surface area contributed by atoms with Gasteiger partial charge in [0.05, 0.1) is 11.6 Å².